The SMILES string of the molecule is CCN(CC(C)C(N)=S)C(=O)c1ccc(Cl)c(Cl)c1. The number of hydrogen-bond donors (Lipinski definition) is 1. The molecular weight excluding hydrogens is 303 g/mol. The molecule has 2 N–H and O–H groups in total. The number of rotatable bonds is 5. The van der Waals surface area contributed by atoms with Crippen LogP contribution in [0, 0.1) is 5.92 Å². The molecule has 0 aliphatic rings. The zero-order chi connectivity index (χ0) is 14.6. The Balaban J connectivity index is 2.89. The van der Waals surface area contributed by atoms with Gasteiger partial charge in [0.1, 0.15) is 0 Å². The molecule has 0 fully saturated rings. The smallest absolute Gasteiger partial charge is 0.253 e. The lowest BCUT2D eigenvalue weighted by Gasteiger charge is -2.24. The average molecular weight is 319 g/mol. The van der Waals surface area contributed by atoms with Crippen LogP contribution in [0.5, 0.6) is 0 Å². The highest BCUT2D eigenvalue weighted by Gasteiger charge is 2.18. The molecule has 1 unspecified atom stereocenters. The zero-order valence-corrected chi connectivity index (χ0v) is 13.1. The van der Waals surface area contributed by atoms with Gasteiger partial charge in [0.2, 0.25) is 0 Å². The van der Waals surface area contributed by atoms with Gasteiger partial charge in [0.25, 0.3) is 5.91 Å². The van der Waals surface area contributed by atoms with E-state index < -0.39 is 0 Å². The van der Waals surface area contributed by atoms with Crippen molar-refractivity contribution in [3.8, 4) is 0 Å². The average Bonchev–Trinajstić information content (AvgIpc) is 2.37. The largest absolute Gasteiger partial charge is 0.393 e. The minimum atomic E-state index is -0.107. The Bertz CT molecular complexity index is 494. The van der Waals surface area contributed by atoms with Crippen LogP contribution in [0.1, 0.15) is 24.2 Å². The van der Waals surface area contributed by atoms with E-state index in [0.717, 1.165) is 0 Å². The molecule has 0 bridgehead atoms. The molecule has 0 aliphatic carbocycles. The maximum Gasteiger partial charge on any atom is 0.253 e. The first-order valence-corrected chi connectivity index (χ1v) is 7.06. The van der Waals surface area contributed by atoms with E-state index in [1.165, 1.54) is 0 Å². The first kappa shape index (κ1) is 16.2. The van der Waals surface area contributed by atoms with Crippen molar-refractivity contribution in [2.45, 2.75) is 13.8 Å². The van der Waals surface area contributed by atoms with E-state index in [1.54, 1.807) is 23.1 Å². The summed E-state index contributed by atoms with van der Waals surface area (Å²) in [7, 11) is 0. The topological polar surface area (TPSA) is 46.3 Å². The van der Waals surface area contributed by atoms with Gasteiger partial charge >= 0.3 is 0 Å². The van der Waals surface area contributed by atoms with Gasteiger partial charge in [-0.25, -0.2) is 0 Å². The third-order valence-corrected chi connectivity index (χ3v) is 3.96. The molecule has 0 aromatic heterocycles. The van der Waals surface area contributed by atoms with Crippen molar-refractivity contribution in [3.05, 3.63) is 33.8 Å². The highest BCUT2D eigenvalue weighted by Crippen LogP contribution is 2.23. The van der Waals surface area contributed by atoms with Gasteiger partial charge in [0, 0.05) is 24.6 Å². The summed E-state index contributed by atoms with van der Waals surface area (Å²) in [5.41, 5.74) is 6.08. The molecule has 19 heavy (non-hydrogen) atoms. The van der Waals surface area contributed by atoms with E-state index in [2.05, 4.69) is 0 Å². The van der Waals surface area contributed by atoms with Gasteiger partial charge in [-0.3, -0.25) is 4.79 Å². The standard InChI is InChI=1S/C13H16Cl2N2OS/c1-3-17(7-8(2)12(16)19)13(18)9-4-5-10(14)11(15)6-9/h4-6,8H,3,7H2,1-2H3,(H2,16,19). The van der Waals surface area contributed by atoms with Crippen molar-refractivity contribution < 1.29 is 4.79 Å². The maximum atomic E-state index is 12.3. The van der Waals surface area contributed by atoms with Crippen molar-refractivity contribution in [2.24, 2.45) is 11.7 Å². The minimum absolute atomic E-state index is 0.0262. The molecule has 1 atom stereocenters. The molecule has 0 saturated heterocycles. The number of amides is 1. The number of carbonyl (C=O) groups excluding carboxylic acids is 1. The Morgan fingerprint density at radius 2 is 2.05 bits per heavy atom. The number of hydrogen-bond acceptors (Lipinski definition) is 2. The maximum absolute atomic E-state index is 12.3. The Hall–Kier alpha value is -0.840. The summed E-state index contributed by atoms with van der Waals surface area (Å²) in [6.07, 6.45) is 0. The molecule has 0 heterocycles. The third-order valence-electron chi connectivity index (χ3n) is 2.82. The van der Waals surface area contributed by atoms with Crippen molar-refractivity contribution >= 4 is 46.3 Å². The van der Waals surface area contributed by atoms with Crippen LogP contribution in [0.3, 0.4) is 0 Å². The Kier molecular flexibility index (Phi) is 6.04. The van der Waals surface area contributed by atoms with E-state index in [9.17, 15) is 4.79 Å². The summed E-state index contributed by atoms with van der Waals surface area (Å²) in [6.45, 7) is 4.87. The van der Waals surface area contributed by atoms with Crippen LogP contribution in [0.4, 0.5) is 0 Å². The number of benzene rings is 1. The van der Waals surface area contributed by atoms with Crippen LogP contribution in [-0.4, -0.2) is 28.9 Å². The zero-order valence-electron chi connectivity index (χ0n) is 10.8. The van der Waals surface area contributed by atoms with E-state index in [-0.39, 0.29) is 11.8 Å². The van der Waals surface area contributed by atoms with Crippen LogP contribution in [0.2, 0.25) is 10.0 Å². The second-order valence-electron chi connectivity index (χ2n) is 4.28. The highest BCUT2D eigenvalue weighted by atomic mass is 35.5. The van der Waals surface area contributed by atoms with E-state index >= 15 is 0 Å². The van der Waals surface area contributed by atoms with Crippen LogP contribution in [0.15, 0.2) is 18.2 Å². The highest BCUT2D eigenvalue weighted by molar-refractivity contribution is 7.80. The van der Waals surface area contributed by atoms with Crippen molar-refractivity contribution in [2.75, 3.05) is 13.1 Å². The summed E-state index contributed by atoms with van der Waals surface area (Å²) in [6, 6.07) is 4.84. The lowest BCUT2D eigenvalue weighted by Crippen LogP contribution is -2.38. The molecule has 1 amide bonds. The fourth-order valence-electron chi connectivity index (χ4n) is 1.59. The van der Waals surface area contributed by atoms with Gasteiger partial charge in [-0.2, -0.15) is 0 Å². The van der Waals surface area contributed by atoms with Crippen molar-refractivity contribution in [1.29, 1.82) is 0 Å². The molecule has 6 heteroatoms. The van der Waals surface area contributed by atoms with Gasteiger partial charge in [-0.15, -0.1) is 0 Å². The Morgan fingerprint density at radius 3 is 2.53 bits per heavy atom. The van der Waals surface area contributed by atoms with Gasteiger partial charge in [0.05, 0.1) is 15.0 Å². The fraction of sp³-hybridized carbons (Fsp3) is 0.385. The van der Waals surface area contributed by atoms with Crippen LogP contribution in [-0.2, 0) is 0 Å². The molecule has 0 aliphatic heterocycles. The lowest BCUT2D eigenvalue weighted by molar-refractivity contribution is 0.0755. The molecule has 0 saturated carbocycles. The van der Waals surface area contributed by atoms with Crippen LogP contribution in [0.25, 0.3) is 0 Å². The quantitative estimate of drug-likeness (QED) is 0.846. The molecule has 1 aromatic rings. The van der Waals surface area contributed by atoms with Crippen molar-refractivity contribution in [1.82, 2.24) is 4.90 Å². The predicted octanol–water partition coefficient (Wildman–Crippen LogP) is 3.38. The van der Waals surface area contributed by atoms with E-state index in [1.807, 2.05) is 13.8 Å². The molecular formula is C13H16Cl2N2OS. The minimum Gasteiger partial charge on any atom is -0.393 e. The summed E-state index contributed by atoms with van der Waals surface area (Å²) >= 11 is 16.7. The molecule has 1 aromatic carbocycles. The number of thiocarbonyl (C=S) groups is 1. The Morgan fingerprint density at radius 1 is 1.42 bits per heavy atom. The van der Waals surface area contributed by atoms with Crippen LogP contribution < -0.4 is 5.73 Å². The van der Waals surface area contributed by atoms with Crippen molar-refractivity contribution in [3.63, 3.8) is 0 Å². The first-order chi connectivity index (χ1) is 8.86. The summed E-state index contributed by atoms with van der Waals surface area (Å²) < 4.78 is 0. The van der Waals surface area contributed by atoms with Gasteiger partial charge in [0.15, 0.2) is 0 Å². The predicted molar refractivity (Wildman–Crippen MR) is 84.0 cm³/mol. The van der Waals surface area contributed by atoms with Gasteiger partial charge < -0.3 is 10.6 Å². The summed E-state index contributed by atoms with van der Waals surface area (Å²) in [4.78, 5) is 14.4. The first-order valence-electron chi connectivity index (χ1n) is 5.90. The van der Waals surface area contributed by atoms with Crippen LogP contribution >= 0.6 is 35.4 Å². The van der Waals surface area contributed by atoms with Gasteiger partial charge in [-0.05, 0) is 25.1 Å². The molecule has 0 spiro atoms. The monoisotopic (exact) mass is 318 g/mol. The number of nitrogens with zero attached hydrogens (tertiary/aromatic N) is 1. The fourth-order valence-corrected chi connectivity index (χ4v) is 1.96. The second kappa shape index (κ2) is 7.08. The normalized spacial score (nSPS) is 12.0. The lowest BCUT2D eigenvalue weighted by atomic mass is 10.1. The molecule has 0 radical (unpaired) electrons. The summed E-state index contributed by atoms with van der Waals surface area (Å²) in [5, 5.41) is 0.795. The number of nitrogens with two attached hydrogens (primary N) is 1. The Labute approximate surface area is 128 Å². The van der Waals surface area contributed by atoms with E-state index in [4.69, 9.17) is 41.2 Å². The van der Waals surface area contributed by atoms with E-state index in [0.29, 0.717) is 33.7 Å². The third kappa shape index (κ3) is 4.34. The molecule has 3 nitrogen and oxygen atoms in total. The second-order valence-corrected chi connectivity index (χ2v) is 5.56. The molecule has 104 valence electrons. The number of halogens is 2. The summed E-state index contributed by atoms with van der Waals surface area (Å²) in [5.74, 6) is -0.133. The van der Waals surface area contributed by atoms with Gasteiger partial charge in [-0.1, -0.05) is 42.3 Å². The molecule has 1 rings (SSSR count). The number of carbonyl (C=O) groups is 1.